The van der Waals surface area contributed by atoms with Gasteiger partial charge in [-0.25, -0.2) is 4.79 Å². The van der Waals surface area contributed by atoms with Crippen LogP contribution in [0.3, 0.4) is 0 Å². The molecule has 3 N–H and O–H groups in total. The molecular weight excluding hydrogens is 386 g/mol. The van der Waals surface area contributed by atoms with Gasteiger partial charge in [0.2, 0.25) is 5.91 Å². The van der Waals surface area contributed by atoms with Crippen molar-refractivity contribution in [3.8, 4) is 0 Å². The lowest BCUT2D eigenvalue weighted by atomic mass is 10.2. The lowest BCUT2D eigenvalue weighted by Gasteiger charge is -2.09. The van der Waals surface area contributed by atoms with Crippen molar-refractivity contribution in [3.05, 3.63) is 59.7 Å². The summed E-state index contributed by atoms with van der Waals surface area (Å²) in [5, 5.41) is 8.49. The number of nitrogens with one attached hydrogen (secondary N) is 3. The third kappa shape index (κ3) is 7.56. The van der Waals surface area contributed by atoms with Crippen LogP contribution < -0.4 is 16.0 Å². The van der Waals surface area contributed by atoms with E-state index in [9.17, 15) is 14.4 Å². The lowest BCUT2D eigenvalue weighted by Crippen LogP contribution is -2.26. The standard InChI is InChI=1S/C22H27N3O5/c1-3-13-30-22(28)17-6-10-19(11-7-17)25-20(26)15-24-18-8-4-16(5-9-18)21(27)23-12-14-29-2/h4-11,24H,3,12-15H2,1-2H3,(H,23,27)(H,25,26). The minimum absolute atomic E-state index is 0.0552. The molecule has 0 fully saturated rings. The number of hydrogen-bond acceptors (Lipinski definition) is 6. The van der Waals surface area contributed by atoms with Crippen molar-refractivity contribution >= 4 is 29.2 Å². The number of hydrogen-bond donors (Lipinski definition) is 3. The van der Waals surface area contributed by atoms with Crippen LogP contribution in [-0.4, -0.2) is 51.2 Å². The van der Waals surface area contributed by atoms with Crippen LogP contribution in [0.25, 0.3) is 0 Å². The molecule has 0 spiro atoms. The number of carbonyl (C=O) groups is 3. The smallest absolute Gasteiger partial charge is 0.338 e. The van der Waals surface area contributed by atoms with E-state index >= 15 is 0 Å². The Kier molecular flexibility index (Phi) is 9.33. The first-order valence-electron chi connectivity index (χ1n) is 9.71. The highest BCUT2D eigenvalue weighted by Crippen LogP contribution is 2.12. The van der Waals surface area contributed by atoms with Gasteiger partial charge in [-0.1, -0.05) is 6.92 Å². The monoisotopic (exact) mass is 413 g/mol. The van der Waals surface area contributed by atoms with Gasteiger partial charge in [-0.3, -0.25) is 9.59 Å². The minimum Gasteiger partial charge on any atom is -0.462 e. The van der Waals surface area contributed by atoms with E-state index in [1.54, 1.807) is 55.6 Å². The Hall–Kier alpha value is -3.39. The number of rotatable bonds is 11. The fourth-order valence-electron chi connectivity index (χ4n) is 2.46. The molecule has 8 nitrogen and oxygen atoms in total. The van der Waals surface area contributed by atoms with Crippen molar-refractivity contribution in [2.24, 2.45) is 0 Å². The molecule has 0 aliphatic carbocycles. The van der Waals surface area contributed by atoms with Gasteiger partial charge in [-0.2, -0.15) is 0 Å². The summed E-state index contributed by atoms with van der Waals surface area (Å²) in [6.07, 6.45) is 0.761. The first kappa shape index (κ1) is 22.9. The zero-order valence-electron chi connectivity index (χ0n) is 17.2. The highest BCUT2D eigenvalue weighted by atomic mass is 16.5. The maximum Gasteiger partial charge on any atom is 0.338 e. The van der Waals surface area contributed by atoms with Gasteiger partial charge in [-0.05, 0) is 55.0 Å². The maximum atomic E-state index is 12.1. The molecule has 0 saturated heterocycles. The lowest BCUT2D eigenvalue weighted by molar-refractivity contribution is -0.114. The minimum atomic E-state index is -0.382. The molecule has 0 bridgehead atoms. The number of esters is 1. The van der Waals surface area contributed by atoms with Crippen LogP contribution in [0, 0.1) is 0 Å². The molecular formula is C22H27N3O5. The van der Waals surface area contributed by atoms with Crippen LogP contribution in [-0.2, 0) is 14.3 Å². The second kappa shape index (κ2) is 12.2. The second-order valence-corrected chi connectivity index (χ2v) is 6.44. The number of amides is 2. The van der Waals surface area contributed by atoms with Gasteiger partial charge in [0, 0.05) is 30.6 Å². The van der Waals surface area contributed by atoms with E-state index in [-0.39, 0.29) is 24.3 Å². The molecule has 0 radical (unpaired) electrons. The fourth-order valence-corrected chi connectivity index (χ4v) is 2.46. The zero-order chi connectivity index (χ0) is 21.8. The predicted molar refractivity (Wildman–Crippen MR) is 115 cm³/mol. The summed E-state index contributed by atoms with van der Waals surface area (Å²) in [7, 11) is 1.57. The van der Waals surface area contributed by atoms with Gasteiger partial charge >= 0.3 is 5.97 Å². The Labute approximate surface area is 175 Å². The van der Waals surface area contributed by atoms with Gasteiger partial charge in [0.15, 0.2) is 0 Å². The Bertz CT molecular complexity index is 835. The Balaban J connectivity index is 1.79. The third-order valence-electron chi connectivity index (χ3n) is 4.03. The van der Waals surface area contributed by atoms with Gasteiger partial charge in [0.1, 0.15) is 0 Å². The number of methoxy groups -OCH3 is 1. The molecule has 8 heteroatoms. The molecule has 0 unspecified atom stereocenters. The van der Waals surface area contributed by atoms with E-state index in [1.807, 2.05) is 6.92 Å². The van der Waals surface area contributed by atoms with Gasteiger partial charge in [-0.15, -0.1) is 0 Å². The molecule has 0 aromatic heterocycles. The average molecular weight is 413 g/mol. The summed E-state index contributed by atoms with van der Waals surface area (Å²) in [4.78, 5) is 35.8. The highest BCUT2D eigenvalue weighted by Gasteiger charge is 2.08. The number of carbonyl (C=O) groups excluding carboxylic acids is 3. The first-order valence-corrected chi connectivity index (χ1v) is 9.71. The Morgan fingerprint density at radius 2 is 1.50 bits per heavy atom. The second-order valence-electron chi connectivity index (χ2n) is 6.44. The quantitative estimate of drug-likeness (QED) is 0.386. The van der Waals surface area contributed by atoms with Crippen LogP contribution in [0.5, 0.6) is 0 Å². The van der Waals surface area contributed by atoms with Crippen molar-refractivity contribution in [1.82, 2.24) is 5.32 Å². The van der Waals surface area contributed by atoms with Crippen LogP contribution in [0.1, 0.15) is 34.1 Å². The van der Waals surface area contributed by atoms with Crippen molar-refractivity contribution in [2.45, 2.75) is 13.3 Å². The molecule has 2 aromatic carbocycles. The van der Waals surface area contributed by atoms with Gasteiger partial charge < -0.3 is 25.4 Å². The van der Waals surface area contributed by atoms with Gasteiger partial charge in [0.05, 0.1) is 25.3 Å². The third-order valence-corrected chi connectivity index (χ3v) is 4.03. The van der Waals surface area contributed by atoms with Gasteiger partial charge in [0.25, 0.3) is 5.91 Å². The largest absolute Gasteiger partial charge is 0.462 e. The molecule has 2 amide bonds. The average Bonchev–Trinajstić information content (AvgIpc) is 2.77. The summed E-state index contributed by atoms with van der Waals surface area (Å²) in [6, 6.07) is 13.3. The molecule has 0 atom stereocenters. The molecule has 0 aliphatic heterocycles. The normalized spacial score (nSPS) is 10.2. The van der Waals surface area contributed by atoms with Crippen molar-refractivity contribution < 1.29 is 23.9 Å². The topological polar surface area (TPSA) is 106 Å². The number of anilines is 2. The molecule has 2 aromatic rings. The summed E-state index contributed by atoms with van der Waals surface area (Å²) in [5.41, 5.74) is 2.26. The van der Waals surface area contributed by atoms with Crippen LogP contribution in [0.2, 0.25) is 0 Å². The molecule has 0 aliphatic rings. The summed E-state index contributed by atoms with van der Waals surface area (Å²) in [5.74, 6) is -0.803. The molecule has 0 heterocycles. The highest BCUT2D eigenvalue weighted by molar-refractivity contribution is 5.96. The summed E-state index contributed by atoms with van der Waals surface area (Å²) >= 11 is 0. The van der Waals surface area contributed by atoms with Crippen LogP contribution in [0.15, 0.2) is 48.5 Å². The SMILES string of the molecule is CCCOC(=O)c1ccc(NC(=O)CNc2ccc(C(=O)NCCOC)cc2)cc1. The molecule has 160 valence electrons. The van der Waals surface area contributed by atoms with Crippen molar-refractivity contribution in [3.63, 3.8) is 0 Å². The molecule has 30 heavy (non-hydrogen) atoms. The van der Waals surface area contributed by atoms with Crippen LogP contribution in [0.4, 0.5) is 11.4 Å². The van der Waals surface area contributed by atoms with E-state index in [4.69, 9.17) is 9.47 Å². The van der Waals surface area contributed by atoms with E-state index in [0.717, 1.165) is 6.42 Å². The predicted octanol–water partition coefficient (Wildman–Crippen LogP) is 2.68. The van der Waals surface area contributed by atoms with Crippen molar-refractivity contribution in [2.75, 3.05) is 44.0 Å². The zero-order valence-corrected chi connectivity index (χ0v) is 17.2. The Morgan fingerprint density at radius 3 is 2.13 bits per heavy atom. The summed E-state index contributed by atoms with van der Waals surface area (Å²) in [6.45, 7) is 3.25. The number of benzene rings is 2. The van der Waals surface area contributed by atoms with E-state index < -0.39 is 0 Å². The van der Waals surface area contributed by atoms with E-state index in [0.29, 0.717) is 42.3 Å². The number of ether oxygens (including phenoxy) is 2. The van der Waals surface area contributed by atoms with E-state index in [1.165, 1.54) is 0 Å². The first-order chi connectivity index (χ1) is 14.5. The van der Waals surface area contributed by atoms with Crippen molar-refractivity contribution in [1.29, 1.82) is 0 Å². The summed E-state index contributed by atoms with van der Waals surface area (Å²) < 4.78 is 9.96. The van der Waals surface area contributed by atoms with E-state index in [2.05, 4.69) is 16.0 Å². The fraction of sp³-hybridized carbons (Fsp3) is 0.318. The molecule has 2 rings (SSSR count). The molecule has 0 saturated carbocycles. The Morgan fingerprint density at radius 1 is 0.867 bits per heavy atom. The van der Waals surface area contributed by atoms with Crippen LogP contribution >= 0.6 is 0 Å². The maximum absolute atomic E-state index is 12.1.